The summed E-state index contributed by atoms with van der Waals surface area (Å²) in [6.07, 6.45) is 1.38. The standard InChI is InChI=1S/C41H42N2O11/c1-3-4-5-6-7-17-26-50-32(44)25-24-31-27(2)42-41(49)43(35(31)45)36-33(51-37(46)28-18-11-8-12-19-28)34(52-38(47)29-20-13-9-14-21-29)40(53-36)54-39(48)30-22-15-10-16-23-30/h8-16,18-25,33-34,36,40H,3-7,17,26H2,1-2H3,(H,42,49)/t33-,34+,36-,40-/m1/s1. The number of hydrogen-bond donors (Lipinski definition) is 1. The summed E-state index contributed by atoms with van der Waals surface area (Å²) in [5.74, 6) is -3.37. The van der Waals surface area contributed by atoms with Gasteiger partial charge >= 0.3 is 29.6 Å². The summed E-state index contributed by atoms with van der Waals surface area (Å²) in [5.41, 5.74) is -1.57. The van der Waals surface area contributed by atoms with Crippen molar-refractivity contribution in [1.82, 2.24) is 9.55 Å². The predicted molar refractivity (Wildman–Crippen MR) is 196 cm³/mol. The van der Waals surface area contributed by atoms with Crippen LogP contribution in [0, 0.1) is 6.92 Å². The second-order valence-electron chi connectivity index (χ2n) is 12.6. The van der Waals surface area contributed by atoms with Crippen LogP contribution in [0.25, 0.3) is 6.08 Å². The van der Waals surface area contributed by atoms with Crippen molar-refractivity contribution in [1.29, 1.82) is 0 Å². The molecule has 5 rings (SSSR count). The van der Waals surface area contributed by atoms with Gasteiger partial charge in [0, 0.05) is 11.8 Å². The summed E-state index contributed by atoms with van der Waals surface area (Å²) in [5, 5.41) is 0. The van der Waals surface area contributed by atoms with Gasteiger partial charge in [0.2, 0.25) is 12.4 Å². The van der Waals surface area contributed by atoms with Gasteiger partial charge in [0.25, 0.3) is 5.56 Å². The fraction of sp³-hybridized carbons (Fsp3) is 0.317. The third kappa shape index (κ3) is 10.1. The first-order valence-corrected chi connectivity index (χ1v) is 17.8. The van der Waals surface area contributed by atoms with Crippen LogP contribution in [0.15, 0.2) is 107 Å². The molecule has 0 aliphatic carbocycles. The second-order valence-corrected chi connectivity index (χ2v) is 12.6. The lowest BCUT2D eigenvalue weighted by molar-refractivity contribution is -0.149. The van der Waals surface area contributed by atoms with Gasteiger partial charge in [0.15, 0.2) is 12.3 Å². The van der Waals surface area contributed by atoms with Crippen molar-refractivity contribution < 1.29 is 42.9 Å². The summed E-state index contributed by atoms with van der Waals surface area (Å²) in [6, 6.07) is 23.6. The van der Waals surface area contributed by atoms with Crippen molar-refractivity contribution >= 4 is 30.0 Å². The zero-order chi connectivity index (χ0) is 38.5. The highest BCUT2D eigenvalue weighted by Crippen LogP contribution is 2.35. The van der Waals surface area contributed by atoms with E-state index < -0.39 is 59.9 Å². The number of esters is 4. The summed E-state index contributed by atoms with van der Waals surface area (Å²) < 4.78 is 29.3. The topological polar surface area (TPSA) is 169 Å². The number of aromatic nitrogens is 2. The highest BCUT2D eigenvalue weighted by Gasteiger charge is 2.54. The van der Waals surface area contributed by atoms with Crippen LogP contribution in [0.4, 0.5) is 0 Å². The fourth-order valence-electron chi connectivity index (χ4n) is 5.79. The van der Waals surface area contributed by atoms with E-state index in [4.69, 9.17) is 23.7 Å². The molecular formula is C41H42N2O11. The number of aromatic amines is 1. The Balaban J connectivity index is 1.50. The van der Waals surface area contributed by atoms with Crippen LogP contribution in [0.5, 0.6) is 0 Å². The lowest BCUT2D eigenvalue weighted by Gasteiger charge is -2.24. The van der Waals surface area contributed by atoms with Crippen LogP contribution in [0.1, 0.15) is 94.0 Å². The second kappa shape index (κ2) is 19.1. The van der Waals surface area contributed by atoms with Crippen molar-refractivity contribution in [2.75, 3.05) is 6.61 Å². The molecule has 0 spiro atoms. The van der Waals surface area contributed by atoms with Gasteiger partial charge in [0.05, 0.1) is 28.9 Å². The molecule has 1 aromatic heterocycles. The molecule has 1 saturated heterocycles. The highest BCUT2D eigenvalue weighted by atomic mass is 16.8. The third-order valence-electron chi connectivity index (χ3n) is 8.63. The molecule has 4 aromatic rings. The van der Waals surface area contributed by atoms with Gasteiger partial charge in [-0.2, -0.15) is 0 Å². The average Bonchev–Trinajstić information content (AvgIpc) is 3.49. The van der Waals surface area contributed by atoms with E-state index in [2.05, 4.69) is 11.9 Å². The molecule has 13 heteroatoms. The number of H-pyrrole nitrogens is 1. The maximum Gasteiger partial charge on any atom is 0.340 e. The Kier molecular flexibility index (Phi) is 13.9. The zero-order valence-corrected chi connectivity index (χ0v) is 30.0. The van der Waals surface area contributed by atoms with Gasteiger partial charge in [0.1, 0.15) is 0 Å². The summed E-state index contributed by atoms with van der Waals surface area (Å²) in [6.45, 7) is 3.81. The van der Waals surface area contributed by atoms with E-state index in [1.54, 1.807) is 54.6 Å². The van der Waals surface area contributed by atoms with Crippen LogP contribution in [0.2, 0.25) is 0 Å². The fourth-order valence-corrected chi connectivity index (χ4v) is 5.79. The average molecular weight is 739 g/mol. The number of unbranched alkanes of at least 4 members (excludes halogenated alkanes) is 5. The summed E-state index contributed by atoms with van der Waals surface area (Å²) in [4.78, 5) is 83.0. The minimum atomic E-state index is -1.79. The Morgan fingerprint density at radius 2 is 1.20 bits per heavy atom. The molecule has 1 N–H and O–H groups in total. The first kappa shape index (κ1) is 39.1. The van der Waals surface area contributed by atoms with E-state index >= 15 is 0 Å². The first-order valence-electron chi connectivity index (χ1n) is 17.8. The van der Waals surface area contributed by atoms with Crippen molar-refractivity contribution in [3.8, 4) is 0 Å². The van der Waals surface area contributed by atoms with Gasteiger partial charge in [-0.05, 0) is 55.8 Å². The number of carbonyl (C=O) groups excluding carboxylic acids is 4. The van der Waals surface area contributed by atoms with Crippen LogP contribution in [-0.4, -0.2) is 58.5 Å². The Morgan fingerprint density at radius 3 is 1.76 bits per heavy atom. The molecule has 0 radical (unpaired) electrons. The Labute approximate surface area is 311 Å². The van der Waals surface area contributed by atoms with Crippen molar-refractivity contribution in [2.45, 2.75) is 77.1 Å². The molecule has 54 heavy (non-hydrogen) atoms. The van der Waals surface area contributed by atoms with E-state index in [0.29, 0.717) is 11.0 Å². The van der Waals surface area contributed by atoms with Crippen molar-refractivity contribution in [2.24, 2.45) is 0 Å². The van der Waals surface area contributed by atoms with Crippen LogP contribution >= 0.6 is 0 Å². The maximum atomic E-state index is 14.1. The molecular weight excluding hydrogens is 696 g/mol. The number of hydrogen-bond acceptors (Lipinski definition) is 11. The lowest BCUT2D eigenvalue weighted by atomic mass is 10.1. The highest BCUT2D eigenvalue weighted by molar-refractivity contribution is 5.91. The number of ether oxygens (including phenoxy) is 5. The van der Waals surface area contributed by atoms with E-state index in [0.717, 1.165) is 38.2 Å². The lowest BCUT2D eigenvalue weighted by Crippen LogP contribution is -2.46. The summed E-state index contributed by atoms with van der Waals surface area (Å²) in [7, 11) is 0. The maximum absolute atomic E-state index is 14.1. The number of aryl methyl sites for hydroxylation is 1. The Morgan fingerprint density at radius 1 is 0.704 bits per heavy atom. The first-order chi connectivity index (χ1) is 26.2. The number of carbonyl (C=O) groups is 4. The molecule has 0 bridgehead atoms. The van der Waals surface area contributed by atoms with Crippen LogP contribution in [-0.2, 0) is 28.5 Å². The van der Waals surface area contributed by atoms with E-state index in [1.165, 1.54) is 49.4 Å². The molecule has 282 valence electrons. The molecule has 1 fully saturated rings. The normalized spacial score (nSPS) is 17.9. The van der Waals surface area contributed by atoms with E-state index in [1.807, 2.05) is 0 Å². The molecule has 1 aliphatic heterocycles. The molecule has 1 aliphatic rings. The van der Waals surface area contributed by atoms with Crippen LogP contribution in [0.3, 0.4) is 0 Å². The molecule has 0 saturated carbocycles. The summed E-state index contributed by atoms with van der Waals surface area (Å²) >= 11 is 0. The SMILES string of the molecule is CCCCCCCCOC(=O)C=Cc1c(C)[nH]c(=O)n([C@@H]2O[C@H](OC(=O)c3ccccc3)[C@@H](OC(=O)c3ccccc3)[C@H]2OC(=O)c2ccccc2)c1=O. The smallest absolute Gasteiger partial charge is 0.340 e. The Bertz CT molecular complexity index is 2040. The minimum absolute atomic E-state index is 0.0994. The largest absolute Gasteiger partial charge is 0.463 e. The van der Waals surface area contributed by atoms with Gasteiger partial charge in [-0.1, -0.05) is 93.6 Å². The monoisotopic (exact) mass is 738 g/mol. The zero-order valence-electron chi connectivity index (χ0n) is 30.0. The quantitative estimate of drug-likeness (QED) is 0.0626. The van der Waals surface area contributed by atoms with Crippen molar-refractivity contribution in [3.63, 3.8) is 0 Å². The minimum Gasteiger partial charge on any atom is -0.463 e. The predicted octanol–water partition coefficient (Wildman–Crippen LogP) is 5.93. The van der Waals surface area contributed by atoms with Gasteiger partial charge < -0.3 is 28.7 Å². The molecule has 3 aromatic carbocycles. The van der Waals surface area contributed by atoms with Gasteiger partial charge in [-0.15, -0.1) is 0 Å². The van der Waals surface area contributed by atoms with Gasteiger partial charge in [-0.3, -0.25) is 4.79 Å². The van der Waals surface area contributed by atoms with Crippen molar-refractivity contribution in [3.05, 3.63) is 146 Å². The number of nitrogens with one attached hydrogen (secondary N) is 1. The number of benzene rings is 3. The molecule has 2 heterocycles. The third-order valence-corrected chi connectivity index (χ3v) is 8.63. The number of rotatable bonds is 16. The number of nitrogens with zero attached hydrogens (tertiary/aromatic N) is 1. The molecule has 13 nitrogen and oxygen atoms in total. The van der Waals surface area contributed by atoms with E-state index in [-0.39, 0.29) is 34.6 Å². The Hall–Kier alpha value is -6.08. The van der Waals surface area contributed by atoms with Crippen LogP contribution < -0.4 is 11.2 Å². The molecule has 4 atom stereocenters. The molecule has 0 unspecified atom stereocenters. The van der Waals surface area contributed by atoms with Gasteiger partial charge in [-0.25, -0.2) is 28.5 Å². The van der Waals surface area contributed by atoms with E-state index in [9.17, 15) is 28.8 Å². The molecule has 0 amide bonds.